The highest BCUT2D eigenvalue weighted by atomic mass is 79.9. The molecule has 1 atom stereocenters. The van der Waals surface area contributed by atoms with E-state index in [1.54, 1.807) is 36.3 Å². The van der Waals surface area contributed by atoms with Gasteiger partial charge in [0, 0.05) is 21.8 Å². The van der Waals surface area contributed by atoms with Crippen LogP contribution in [0.25, 0.3) is 0 Å². The molecule has 0 saturated carbocycles. The number of fused-ring (bicyclic) bond motifs is 1. The van der Waals surface area contributed by atoms with Crippen LogP contribution in [0.4, 0.5) is 11.4 Å². The van der Waals surface area contributed by atoms with Gasteiger partial charge in [-0.2, -0.15) is 0 Å². The first-order valence-electron chi connectivity index (χ1n) is 8.93. The molecule has 3 aromatic rings. The molecule has 0 saturated heterocycles. The Morgan fingerprint density at radius 2 is 1.83 bits per heavy atom. The van der Waals surface area contributed by atoms with Gasteiger partial charge in [-0.25, -0.2) is 0 Å². The number of rotatable bonds is 4. The average Bonchev–Trinajstić information content (AvgIpc) is 2.75. The number of methoxy groups -OCH3 is 2. The van der Waals surface area contributed by atoms with Crippen molar-refractivity contribution in [3.63, 3.8) is 0 Å². The molecule has 0 spiro atoms. The number of carbonyl (C=O) groups is 1. The lowest BCUT2D eigenvalue weighted by Gasteiger charge is -2.38. The van der Waals surface area contributed by atoms with Crippen molar-refractivity contribution in [1.82, 2.24) is 0 Å². The lowest BCUT2D eigenvalue weighted by molar-refractivity contribution is 0.0974. The van der Waals surface area contributed by atoms with E-state index in [0.717, 1.165) is 4.47 Å². The van der Waals surface area contributed by atoms with E-state index in [2.05, 4.69) is 21.2 Å². The van der Waals surface area contributed by atoms with Crippen LogP contribution in [0.15, 0.2) is 65.1 Å². The second kappa shape index (κ2) is 7.67. The molecular formula is C22H19BrN2O4. The van der Waals surface area contributed by atoms with Gasteiger partial charge < -0.3 is 19.9 Å². The summed E-state index contributed by atoms with van der Waals surface area (Å²) >= 11 is 3.46. The fourth-order valence-electron chi connectivity index (χ4n) is 3.46. The number of benzene rings is 3. The largest absolute Gasteiger partial charge is 0.504 e. The number of halogens is 1. The minimum absolute atomic E-state index is 0.0340. The van der Waals surface area contributed by atoms with Gasteiger partial charge in [-0.3, -0.25) is 9.69 Å². The summed E-state index contributed by atoms with van der Waals surface area (Å²) in [5, 5.41) is 14.2. The summed E-state index contributed by atoms with van der Waals surface area (Å²) in [6, 6.07) is 18.0. The first kappa shape index (κ1) is 19.1. The maximum absolute atomic E-state index is 13.5. The van der Waals surface area contributed by atoms with Crippen molar-refractivity contribution >= 4 is 33.2 Å². The first-order valence-corrected chi connectivity index (χ1v) is 9.72. The number of ether oxygens (including phenoxy) is 2. The third-order valence-corrected chi connectivity index (χ3v) is 5.30. The summed E-state index contributed by atoms with van der Waals surface area (Å²) < 4.78 is 11.4. The number of hydrogen-bond donors (Lipinski definition) is 2. The molecule has 0 bridgehead atoms. The van der Waals surface area contributed by atoms with E-state index in [9.17, 15) is 9.90 Å². The standard InChI is InChI=1S/C22H19BrN2O4/c1-28-15-7-5-6-14(12-15)25-21(17-10-13(23)11-19(29-2)20(17)26)24-18-9-4-3-8-16(18)22(25)27/h3-12,21,24,26H,1-2H3. The minimum Gasteiger partial charge on any atom is -0.504 e. The molecule has 7 heteroatoms. The van der Waals surface area contributed by atoms with Crippen LogP contribution in [0.3, 0.4) is 0 Å². The molecule has 4 rings (SSSR count). The maximum atomic E-state index is 13.5. The van der Waals surface area contributed by atoms with E-state index in [4.69, 9.17) is 9.47 Å². The van der Waals surface area contributed by atoms with Gasteiger partial charge in [-0.1, -0.05) is 34.1 Å². The summed E-state index contributed by atoms with van der Waals surface area (Å²) in [6.45, 7) is 0. The van der Waals surface area contributed by atoms with Crippen molar-refractivity contribution in [3.05, 3.63) is 76.3 Å². The second-order valence-electron chi connectivity index (χ2n) is 6.51. The number of phenolic OH excluding ortho intramolecular Hbond substituents is 1. The molecule has 3 aromatic carbocycles. The van der Waals surface area contributed by atoms with Gasteiger partial charge in [0.2, 0.25) is 0 Å². The summed E-state index contributed by atoms with van der Waals surface area (Å²) in [5.41, 5.74) is 2.38. The highest BCUT2D eigenvalue weighted by Crippen LogP contribution is 2.44. The summed E-state index contributed by atoms with van der Waals surface area (Å²) in [7, 11) is 3.06. The Morgan fingerprint density at radius 1 is 1.03 bits per heavy atom. The number of nitrogens with zero attached hydrogens (tertiary/aromatic N) is 1. The van der Waals surface area contributed by atoms with Crippen LogP contribution in [-0.4, -0.2) is 25.2 Å². The zero-order valence-corrected chi connectivity index (χ0v) is 17.4. The molecule has 148 valence electrons. The zero-order valence-electron chi connectivity index (χ0n) is 15.8. The lowest BCUT2D eigenvalue weighted by atomic mass is 10.0. The van der Waals surface area contributed by atoms with Crippen molar-refractivity contribution in [1.29, 1.82) is 0 Å². The predicted molar refractivity (Wildman–Crippen MR) is 115 cm³/mol. The number of amides is 1. The molecule has 1 aliphatic rings. The Morgan fingerprint density at radius 3 is 2.59 bits per heavy atom. The van der Waals surface area contributed by atoms with Gasteiger partial charge in [0.1, 0.15) is 11.9 Å². The second-order valence-corrected chi connectivity index (χ2v) is 7.43. The van der Waals surface area contributed by atoms with Crippen LogP contribution in [0.5, 0.6) is 17.2 Å². The molecule has 6 nitrogen and oxygen atoms in total. The Kier molecular flexibility index (Phi) is 5.07. The molecule has 1 unspecified atom stereocenters. The van der Waals surface area contributed by atoms with Crippen molar-refractivity contribution in [2.75, 3.05) is 24.4 Å². The van der Waals surface area contributed by atoms with Gasteiger partial charge in [0.15, 0.2) is 11.5 Å². The van der Waals surface area contributed by atoms with Gasteiger partial charge in [-0.05, 0) is 36.4 Å². The molecule has 1 aliphatic heterocycles. The zero-order chi connectivity index (χ0) is 20.5. The number of carbonyl (C=O) groups excluding carboxylic acids is 1. The van der Waals surface area contributed by atoms with Crippen LogP contribution in [0.1, 0.15) is 22.1 Å². The Labute approximate surface area is 176 Å². The maximum Gasteiger partial charge on any atom is 0.262 e. The molecule has 0 aliphatic carbocycles. The van der Waals surface area contributed by atoms with Crippen LogP contribution in [0, 0.1) is 0 Å². The lowest BCUT2D eigenvalue weighted by Crippen LogP contribution is -2.43. The minimum atomic E-state index is -0.657. The number of aromatic hydroxyl groups is 1. The Balaban J connectivity index is 1.92. The fraction of sp³-hybridized carbons (Fsp3) is 0.136. The van der Waals surface area contributed by atoms with Crippen molar-refractivity contribution in [3.8, 4) is 17.2 Å². The smallest absolute Gasteiger partial charge is 0.262 e. The van der Waals surface area contributed by atoms with Crippen LogP contribution < -0.4 is 19.7 Å². The van der Waals surface area contributed by atoms with Gasteiger partial charge in [0.25, 0.3) is 5.91 Å². The van der Waals surface area contributed by atoms with Gasteiger partial charge in [0.05, 0.1) is 25.5 Å². The molecule has 0 fully saturated rings. The van der Waals surface area contributed by atoms with Crippen LogP contribution in [0.2, 0.25) is 0 Å². The Bertz CT molecular complexity index is 1090. The molecule has 1 amide bonds. The van der Waals surface area contributed by atoms with Crippen LogP contribution in [-0.2, 0) is 0 Å². The van der Waals surface area contributed by atoms with Gasteiger partial charge >= 0.3 is 0 Å². The first-order chi connectivity index (χ1) is 14.0. The number of phenols is 1. The number of para-hydroxylation sites is 1. The van der Waals surface area contributed by atoms with E-state index in [1.807, 2.05) is 36.4 Å². The topological polar surface area (TPSA) is 71.0 Å². The fourth-order valence-corrected chi connectivity index (χ4v) is 3.91. The molecule has 2 N–H and O–H groups in total. The molecule has 1 heterocycles. The van der Waals surface area contributed by atoms with Crippen molar-refractivity contribution in [2.24, 2.45) is 0 Å². The van der Waals surface area contributed by atoms with E-state index in [1.165, 1.54) is 7.11 Å². The normalized spacial score (nSPS) is 15.5. The van der Waals surface area contributed by atoms with Crippen LogP contribution >= 0.6 is 15.9 Å². The number of anilines is 2. The summed E-state index contributed by atoms with van der Waals surface area (Å²) in [4.78, 5) is 15.1. The quantitative estimate of drug-likeness (QED) is 0.583. The Hall–Kier alpha value is -3.19. The highest BCUT2D eigenvalue weighted by Gasteiger charge is 2.36. The third-order valence-electron chi connectivity index (χ3n) is 4.84. The number of hydrogen-bond acceptors (Lipinski definition) is 5. The summed E-state index contributed by atoms with van der Waals surface area (Å²) in [5.74, 6) is 0.723. The van der Waals surface area contributed by atoms with E-state index < -0.39 is 6.17 Å². The molecular weight excluding hydrogens is 436 g/mol. The van der Waals surface area contributed by atoms with E-state index in [0.29, 0.717) is 34.0 Å². The SMILES string of the molecule is COc1cccc(N2C(=O)c3ccccc3NC2c2cc(Br)cc(OC)c2O)c1. The third kappa shape index (κ3) is 3.38. The van der Waals surface area contributed by atoms with E-state index >= 15 is 0 Å². The van der Waals surface area contributed by atoms with Crippen molar-refractivity contribution in [2.45, 2.75) is 6.17 Å². The predicted octanol–water partition coefficient (Wildman–Crippen LogP) is 4.94. The number of nitrogens with one attached hydrogen (secondary N) is 1. The summed E-state index contributed by atoms with van der Waals surface area (Å²) in [6.07, 6.45) is -0.657. The molecule has 29 heavy (non-hydrogen) atoms. The van der Waals surface area contributed by atoms with Crippen molar-refractivity contribution < 1.29 is 19.4 Å². The highest BCUT2D eigenvalue weighted by molar-refractivity contribution is 9.10. The monoisotopic (exact) mass is 454 g/mol. The molecule has 0 aromatic heterocycles. The van der Waals surface area contributed by atoms with E-state index in [-0.39, 0.29) is 11.7 Å². The van der Waals surface area contributed by atoms with Gasteiger partial charge in [-0.15, -0.1) is 0 Å². The molecule has 0 radical (unpaired) electrons. The average molecular weight is 455 g/mol.